The van der Waals surface area contributed by atoms with Crippen molar-refractivity contribution in [3.63, 3.8) is 0 Å². The van der Waals surface area contributed by atoms with E-state index in [1.807, 2.05) is 16.8 Å². The molecule has 0 atom stereocenters. The molecular weight excluding hydrogens is 306 g/mol. The van der Waals surface area contributed by atoms with Gasteiger partial charge in [-0.15, -0.1) is 0 Å². The van der Waals surface area contributed by atoms with Gasteiger partial charge in [0.25, 0.3) is 0 Å². The number of thiophene rings is 1. The monoisotopic (exact) mass is 323 g/mol. The van der Waals surface area contributed by atoms with E-state index >= 15 is 0 Å². The number of sulfone groups is 1. The molecule has 4 nitrogen and oxygen atoms in total. The van der Waals surface area contributed by atoms with Crippen LogP contribution in [0.15, 0.2) is 46.0 Å². The summed E-state index contributed by atoms with van der Waals surface area (Å²) in [5.74, 6) is -0.00778. The number of hydrogen-bond donors (Lipinski definition) is 1. The Labute approximate surface area is 128 Å². The predicted octanol–water partition coefficient (Wildman–Crippen LogP) is 3.11. The van der Waals surface area contributed by atoms with Crippen LogP contribution >= 0.6 is 11.3 Å². The maximum atomic E-state index is 11.8. The van der Waals surface area contributed by atoms with Crippen LogP contribution in [0.2, 0.25) is 0 Å². The smallest absolute Gasteiger partial charge is 0.224 e. The molecule has 0 aliphatic heterocycles. The zero-order valence-corrected chi connectivity index (χ0v) is 13.3. The van der Waals surface area contributed by atoms with Gasteiger partial charge in [-0.05, 0) is 53.1 Å². The maximum absolute atomic E-state index is 11.8. The number of carbonyl (C=O) groups excluding carboxylic acids is 1. The average Bonchev–Trinajstić information content (AvgIpc) is 2.99. The summed E-state index contributed by atoms with van der Waals surface area (Å²) in [7, 11) is -3.19. The number of anilines is 1. The Morgan fingerprint density at radius 2 is 1.90 bits per heavy atom. The van der Waals surface area contributed by atoms with E-state index in [2.05, 4.69) is 5.32 Å². The Morgan fingerprint density at radius 3 is 2.48 bits per heavy atom. The van der Waals surface area contributed by atoms with E-state index < -0.39 is 9.84 Å². The Bertz CT molecular complexity index is 689. The lowest BCUT2D eigenvalue weighted by Gasteiger charge is -2.06. The van der Waals surface area contributed by atoms with E-state index in [0.717, 1.165) is 5.56 Å². The molecule has 0 aliphatic rings. The fourth-order valence-corrected chi connectivity index (χ4v) is 3.42. The number of nitrogens with one attached hydrogen (secondary N) is 1. The third-order valence-corrected chi connectivity index (χ3v) is 5.58. The summed E-state index contributed by atoms with van der Waals surface area (Å²) >= 11 is 1.61. The molecule has 1 heterocycles. The van der Waals surface area contributed by atoms with Gasteiger partial charge in [0.2, 0.25) is 5.91 Å². The maximum Gasteiger partial charge on any atom is 0.224 e. The van der Waals surface area contributed by atoms with Crippen molar-refractivity contribution in [2.45, 2.75) is 24.7 Å². The highest BCUT2D eigenvalue weighted by Crippen LogP contribution is 2.16. The van der Waals surface area contributed by atoms with E-state index in [1.54, 1.807) is 30.4 Å². The topological polar surface area (TPSA) is 63.2 Å². The van der Waals surface area contributed by atoms with E-state index in [1.165, 1.54) is 12.1 Å². The Hall–Kier alpha value is -1.66. The summed E-state index contributed by atoms with van der Waals surface area (Å²) in [6, 6.07) is 8.28. The number of amides is 1. The van der Waals surface area contributed by atoms with Crippen LogP contribution in [0.1, 0.15) is 18.9 Å². The zero-order chi connectivity index (χ0) is 15.3. The first-order valence-electron chi connectivity index (χ1n) is 6.65. The van der Waals surface area contributed by atoms with Gasteiger partial charge in [-0.25, -0.2) is 8.42 Å². The van der Waals surface area contributed by atoms with Gasteiger partial charge in [0.05, 0.1) is 10.6 Å². The van der Waals surface area contributed by atoms with Gasteiger partial charge in [-0.1, -0.05) is 6.92 Å². The standard InChI is InChI=1S/C15H17NO3S2/c1-2-21(18,19)14-6-4-13(5-7-14)16-15(17)8-3-12-9-10-20-11-12/h4-7,9-11H,2-3,8H2,1H3,(H,16,17). The molecule has 0 unspecified atom stereocenters. The van der Waals surface area contributed by atoms with Gasteiger partial charge in [-0.2, -0.15) is 11.3 Å². The number of aryl methyl sites for hydroxylation is 1. The lowest BCUT2D eigenvalue weighted by atomic mass is 10.2. The molecule has 21 heavy (non-hydrogen) atoms. The molecule has 0 spiro atoms. The molecular formula is C15H17NO3S2. The van der Waals surface area contributed by atoms with Crippen molar-refractivity contribution in [2.24, 2.45) is 0 Å². The van der Waals surface area contributed by atoms with Crippen LogP contribution in [0, 0.1) is 0 Å². The van der Waals surface area contributed by atoms with Gasteiger partial charge in [0.15, 0.2) is 9.84 Å². The van der Waals surface area contributed by atoms with Gasteiger partial charge in [-0.3, -0.25) is 4.79 Å². The lowest BCUT2D eigenvalue weighted by Crippen LogP contribution is -2.12. The van der Waals surface area contributed by atoms with E-state index in [4.69, 9.17) is 0 Å². The van der Waals surface area contributed by atoms with Gasteiger partial charge < -0.3 is 5.32 Å². The molecule has 0 bridgehead atoms. The van der Waals surface area contributed by atoms with Crippen LogP contribution in [0.5, 0.6) is 0 Å². The molecule has 1 aromatic carbocycles. The minimum absolute atomic E-state index is 0.0688. The number of carbonyl (C=O) groups is 1. The Kier molecular flexibility index (Phi) is 5.14. The highest BCUT2D eigenvalue weighted by atomic mass is 32.2. The van der Waals surface area contributed by atoms with Crippen molar-refractivity contribution in [1.82, 2.24) is 0 Å². The van der Waals surface area contributed by atoms with Crippen molar-refractivity contribution >= 4 is 32.8 Å². The molecule has 2 rings (SSSR count). The first-order chi connectivity index (χ1) is 10.0. The molecule has 0 saturated heterocycles. The minimum Gasteiger partial charge on any atom is -0.326 e. The molecule has 1 N–H and O–H groups in total. The molecule has 0 aliphatic carbocycles. The van der Waals surface area contributed by atoms with Crippen molar-refractivity contribution < 1.29 is 13.2 Å². The van der Waals surface area contributed by atoms with E-state index in [9.17, 15) is 13.2 Å². The zero-order valence-electron chi connectivity index (χ0n) is 11.7. The third kappa shape index (κ3) is 4.41. The van der Waals surface area contributed by atoms with Gasteiger partial charge in [0.1, 0.15) is 0 Å². The molecule has 0 fully saturated rings. The van der Waals surface area contributed by atoms with E-state index in [-0.39, 0.29) is 16.6 Å². The van der Waals surface area contributed by atoms with Crippen LogP contribution in [-0.2, 0) is 21.1 Å². The summed E-state index contributed by atoms with van der Waals surface area (Å²) in [6.45, 7) is 1.61. The molecule has 1 aromatic heterocycles. The molecule has 2 aromatic rings. The van der Waals surface area contributed by atoms with Gasteiger partial charge in [0, 0.05) is 12.1 Å². The predicted molar refractivity (Wildman–Crippen MR) is 85.4 cm³/mol. The third-order valence-electron chi connectivity index (χ3n) is 3.10. The number of rotatable bonds is 6. The molecule has 0 saturated carbocycles. The highest BCUT2D eigenvalue weighted by molar-refractivity contribution is 7.91. The average molecular weight is 323 g/mol. The molecule has 0 radical (unpaired) electrons. The van der Waals surface area contributed by atoms with Crippen LogP contribution in [0.25, 0.3) is 0 Å². The van der Waals surface area contributed by atoms with Crippen LogP contribution in [0.4, 0.5) is 5.69 Å². The summed E-state index contributed by atoms with van der Waals surface area (Å²) in [5, 5.41) is 6.78. The van der Waals surface area contributed by atoms with E-state index in [0.29, 0.717) is 18.5 Å². The number of hydrogen-bond acceptors (Lipinski definition) is 4. The summed E-state index contributed by atoms with van der Waals surface area (Å²) in [5.41, 5.74) is 1.76. The minimum atomic E-state index is -3.19. The van der Waals surface area contributed by atoms with Crippen LogP contribution < -0.4 is 5.32 Å². The summed E-state index contributed by atoms with van der Waals surface area (Å²) in [4.78, 5) is 12.1. The van der Waals surface area contributed by atoms with Crippen molar-refractivity contribution in [1.29, 1.82) is 0 Å². The Balaban J connectivity index is 1.92. The molecule has 112 valence electrons. The number of benzene rings is 1. The fourth-order valence-electron chi connectivity index (χ4n) is 1.83. The van der Waals surface area contributed by atoms with Crippen LogP contribution in [0.3, 0.4) is 0 Å². The second-order valence-electron chi connectivity index (χ2n) is 4.61. The summed E-state index contributed by atoms with van der Waals surface area (Å²) < 4.78 is 23.4. The SMILES string of the molecule is CCS(=O)(=O)c1ccc(NC(=O)CCc2ccsc2)cc1. The second-order valence-corrected chi connectivity index (χ2v) is 7.67. The molecule has 1 amide bonds. The van der Waals surface area contributed by atoms with Crippen molar-refractivity contribution in [3.05, 3.63) is 46.7 Å². The first kappa shape index (κ1) is 15.7. The largest absolute Gasteiger partial charge is 0.326 e. The van der Waals surface area contributed by atoms with Crippen molar-refractivity contribution in [2.75, 3.05) is 11.1 Å². The quantitative estimate of drug-likeness (QED) is 0.888. The Morgan fingerprint density at radius 1 is 1.19 bits per heavy atom. The molecule has 6 heteroatoms. The van der Waals surface area contributed by atoms with Crippen LogP contribution in [-0.4, -0.2) is 20.1 Å². The second kappa shape index (κ2) is 6.87. The van der Waals surface area contributed by atoms with Crippen molar-refractivity contribution in [3.8, 4) is 0 Å². The normalized spacial score (nSPS) is 11.3. The highest BCUT2D eigenvalue weighted by Gasteiger charge is 2.11. The van der Waals surface area contributed by atoms with Gasteiger partial charge >= 0.3 is 0 Å². The summed E-state index contributed by atoms with van der Waals surface area (Å²) in [6.07, 6.45) is 1.11. The fraction of sp³-hybridized carbons (Fsp3) is 0.267. The lowest BCUT2D eigenvalue weighted by molar-refractivity contribution is -0.116. The first-order valence-corrected chi connectivity index (χ1v) is 9.24.